The summed E-state index contributed by atoms with van der Waals surface area (Å²) in [4.78, 5) is 8.65. The van der Waals surface area contributed by atoms with Crippen molar-refractivity contribution < 1.29 is 0 Å². The Labute approximate surface area is 122 Å². The minimum atomic E-state index is 0. The van der Waals surface area contributed by atoms with E-state index in [-0.39, 0.29) is 12.4 Å². The van der Waals surface area contributed by atoms with Gasteiger partial charge in [-0.1, -0.05) is 18.2 Å². The molecule has 98 valence electrons. The van der Waals surface area contributed by atoms with Crippen molar-refractivity contribution in [3.63, 3.8) is 0 Å². The van der Waals surface area contributed by atoms with E-state index in [2.05, 4.69) is 15.3 Å². The summed E-state index contributed by atoms with van der Waals surface area (Å²) in [5.74, 6) is 1.40. The van der Waals surface area contributed by atoms with Crippen LogP contribution in [0.3, 0.4) is 0 Å². The number of para-hydroxylation sites is 1. The van der Waals surface area contributed by atoms with E-state index in [4.69, 9.17) is 5.26 Å². The number of aromatic nitrogens is 2. The average molecular weight is 283 g/mol. The molecule has 0 atom stereocenters. The van der Waals surface area contributed by atoms with Crippen LogP contribution in [0.15, 0.2) is 54.7 Å². The van der Waals surface area contributed by atoms with Crippen molar-refractivity contribution in [3.8, 4) is 6.07 Å². The van der Waals surface area contributed by atoms with Gasteiger partial charge >= 0.3 is 0 Å². The molecule has 0 aliphatic carbocycles. The van der Waals surface area contributed by atoms with Crippen molar-refractivity contribution in [1.29, 1.82) is 5.26 Å². The van der Waals surface area contributed by atoms with E-state index in [1.807, 2.05) is 42.5 Å². The number of nitrogens with zero attached hydrogens (tertiary/aromatic N) is 3. The number of anilines is 2. The fourth-order valence-electron chi connectivity index (χ4n) is 1.80. The highest BCUT2D eigenvalue weighted by Crippen LogP contribution is 2.17. The monoisotopic (exact) mass is 282 g/mol. The highest BCUT2D eigenvalue weighted by molar-refractivity contribution is 5.85. The summed E-state index contributed by atoms with van der Waals surface area (Å²) in [7, 11) is 0. The van der Waals surface area contributed by atoms with Gasteiger partial charge in [0.15, 0.2) is 0 Å². The summed E-state index contributed by atoms with van der Waals surface area (Å²) in [5, 5.41) is 12.9. The molecule has 2 heterocycles. The highest BCUT2D eigenvalue weighted by Gasteiger charge is 1.99. The van der Waals surface area contributed by atoms with Crippen molar-refractivity contribution in [2.24, 2.45) is 0 Å². The molecular formula is C15H11ClN4. The maximum absolute atomic E-state index is 8.71. The molecule has 1 N–H and O–H groups in total. The van der Waals surface area contributed by atoms with Gasteiger partial charge in [0.1, 0.15) is 17.7 Å². The molecule has 0 aliphatic rings. The molecule has 0 radical (unpaired) electrons. The van der Waals surface area contributed by atoms with Crippen LogP contribution in [-0.4, -0.2) is 9.97 Å². The average Bonchev–Trinajstić information content (AvgIpc) is 2.48. The van der Waals surface area contributed by atoms with Crippen LogP contribution in [-0.2, 0) is 0 Å². The normalized spacial score (nSPS) is 9.55. The Hall–Kier alpha value is -2.64. The Morgan fingerprint density at radius 2 is 1.75 bits per heavy atom. The molecule has 0 bridgehead atoms. The van der Waals surface area contributed by atoms with Gasteiger partial charge in [0, 0.05) is 11.6 Å². The Bertz CT molecular complexity index is 763. The highest BCUT2D eigenvalue weighted by atomic mass is 35.5. The van der Waals surface area contributed by atoms with Gasteiger partial charge < -0.3 is 5.32 Å². The molecule has 5 heteroatoms. The lowest BCUT2D eigenvalue weighted by atomic mass is 10.2. The van der Waals surface area contributed by atoms with Gasteiger partial charge in [0.2, 0.25) is 0 Å². The van der Waals surface area contributed by atoms with E-state index in [0.717, 1.165) is 16.7 Å². The maximum Gasteiger partial charge on any atom is 0.132 e. The van der Waals surface area contributed by atoms with E-state index < -0.39 is 0 Å². The Morgan fingerprint density at radius 3 is 2.50 bits per heavy atom. The molecule has 0 saturated heterocycles. The van der Waals surface area contributed by atoms with Gasteiger partial charge in [0.05, 0.1) is 11.1 Å². The summed E-state index contributed by atoms with van der Waals surface area (Å²) in [6.45, 7) is 0. The molecule has 20 heavy (non-hydrogen) atoms. The van der Waals surface area contributed by atoms with Gasteiger partial charge in [0.25, 0.3) is 0 Å². The minimum Gasteiger partial charge on any atom is -0.325 e. The number of halogens is 1. The van der Waals surface area contributed by atoms with Crippen molar-refractivity contribution in [2.45, 2.75) is 0 Å². The van der Waals surface area contributed by atoms with Crippen LogP contribution >= 0.6 is 12.4 Å². The molecule has 1 aromatic carbocycles. The van der Waals surface area contributed by atoms with Crippen molar-refractivity contribution >= 4 is 34.9 Å². The predicted octanol–water partition coefficient (Wildman–Crippen LogP) is 3.67. The van der Waals surface area contributed by atoms with Gasteiger partial charge in [-0.05, 0) is 30.3 Å². The Morgan fingerprint density at radius 1 is 0.950 bits per heavy atom. The zero-order chi connectivity index (χ0) is 13.1. The Balaban J connectivity index is 0.00000147. The van der Waals surface area contributed by atoms with Crippen molar-refractivity contribution in [3.05, 3.63) is 60.3 Å². The van der Waals surface area contributed by atoms with Crippen LogP contribution in [0, 0.1) is 11.3 Å². The Kier molecular flexibility index (Phi) is 4.14. The number of rotatable bonds is 2. The number of nitrogens with one attached hydrogen (secondary N) is 1. The van der Waals surface area contributed by atoms with E-state index >= 15 is 0 Å². The second kappa shape index (κ2) is 6.00. The third-order valence-corrected chi connectivity index (χ3v) is 2.75. The first-order valence-corrected chi connectivity index (χ1v) is 5.84. The number of fused-ring (bicyclic) bond motifs is 1. The van der Waals surface area contributed by atoms with Gasteiger partial charge in [-0.3, -0.25) is 0 Å². The van der Waals surface area contributed by atoms with Crippen LogP contribution < -0.4 is 5.32 Å². The lowest BCUT2D eigenvalue weighted by molar-refractivity contribution is 1.26. The summed E-state index contributed by atoms with van der Waals surface area (Å²) >= 11 is 0. The van der Waals surface area contributed by atoms with Crippen LogP contribution in [0.5, 0.6) is 0 Å². The van der Waals surface area contributed by atoms with Crippen LogP contribution in [0.1, 0.15) is 5.56 Å². The van der Waals surface area contributed by atoms with Gasteiger partial charge in [-0.2, -0.15) is 5.26 Å². The van der Waals surface area contributed by atoms with E-state index in [9.17, 15) is 0 Å². The smallest absolute Gasteiger partial charge is 0.132 e. The number of nitriles is 1. The first kappa shape index (κ1) is 13.8. The summed E-state index contributed by atoms with van der Waals surface area (Å²) < 4.78 is 0. The van der Waals surface area contributed by atoms with Crippen molar-refractivity contribution in [1.82, 2.24) is 9.97 Å². The molecule has 0 fully saturated rings. The number of hydrogen-bond acceptors (Lipinski definition) is 4. The lowest BCUT2D eigenvalue weighted by Crippen LogP contribution is -1.96. The predicted molar refractivity (Wildman–Crippen MR) is 81.2 cm³/mol. The molecule has 3 rings (SSSR count). The van der Waals surface area contributed by atoms with Gasteiger partial charge in [-0.15, -0.1) is 12.4 Å². The van der Waals surface area contributed by atoms with Crippen LogP contribution in [0.25, 0.3) is 10.9 Å². The second-order valence-corrected chi connectivity index (χ2v) is 4.06. The fraction of sp³-hybridized carbons (Fsp3) is 0. The molecule has 0 unspecified atom stereocenters. The second-order valence-electron chi connectivity index (χ2n) is 4.06. The van der Waals surface area contributed by atoms with Crippen molar-refractivity contribution in [2.75, 3.05) is 5.32 Å². The van der Waals surface area contributed by atoms with E-state index in [1.165, 1.54) is 6.20 Å². The van der Waals surface area contributed by atoms with Crippen LogP contribution in [0.4, 0.5) is 11.6 Å². The molecule has 3 aromatic rings. The molecule has 0 saturated carbocycles. The minimum absolute atomic E-state index is 0. The van der Waals surface area contributed by atoms with Gasteiger partial charge in [-0.25, -0.2) is 9.97 Å². The topological polar surface area (TPSA) is 61.6 Å². The fourth-order valence-corrected chi connectivity index (χ4v) is 1.80. The molecule has 0 amide bonds. The number of pyridine rings is 2. The molecular weight excluding hydrogens is 272 g/mol. The summed E-state index contributed by atoms with van der Waals surface area (Å²) in [5.41, 5.74) is 1.47. The molecule has 0 aliphatic heterocycles. The zero-order valence-electron chi connectivity index (χ0n) is 10.4. The van der Waals surface area contributed by atoms with Crippen LogP contribution in [0.2, 0.25) is 0 Å². The number of benzene rings is 1. The summed E-state index contributed by atoms with van der Waals surface area (Å²) in [6.07, 6.45) is 1.53. The third-order valence-electron chi connectivity index (χ3n) is 2.75. The zero-order valence-corrected chi connectivity index (χ0v) is 11.3. The third kappa shape index (κ3) is 2.85. The standard InChI is InChI=1S/C15H10N4.ClH/c16-9-11-5-7-14(17-10-11)19-15-8-6-12-3-1-2-4-13(12)18-15;/h1-8,10H,(H,17,18,19);1H. The first-order valence-electron chi connectivity index (χ1n) is 5.84. The number of hydrogen-bond donors (Lipinski definition) is 1. The lowest BCUT2D eigenvalue weighted by Gasteiger charge is -2.05. The quantitative estimate of drug-likeness (QED) is 0.779. The maximum atomic E-state index is 8.71. The molecule has 4 nitrogen and oxygen atoms in total. The van der Waals surface area contributed by atoms with E-state index in [1.54, 1.807) is 12.1 Å². The SMILES string of the molecule is Cl.N#Cc1ccc(Nc2ccc3ccccc3n2)nc1. The largest absolute Gasteiger partial charge is 0.325 e. The summed E-state index contributed by atoms with van der Waals surface area (Å²) in [6, 6.07) is 17.4. The first-order chi connectivity index (χ1) is 9.35. The molecule has 0 spiro atoms. The van der Waals surface area contributed by atoms with E-state index in [0.29, 0.717) is 11.4 Å². The molecule has 2 aromatic heterocycles.